The van der Waals surface area contributed by atoms with Crippen molar-refractivity contribution in [3.8, 4) is 0 Å². The lowest BCUT2D eigenvalue weighted by molar-refractivity contribution is -0.0543. The molecule has 2 atom stereocenters. The Balaban J connectivity index is 1.85. The second kappa shape index (κ2) is 4.37. The molecule has 0 spiro atoms. The van der Waals surface area contributed by atoms with Crippen LogP contribution in [0, 0.1) is 11.3 Å². The molecule has 1 aromatic rings. The first kappa shape index (κ1) is 11.7. The number of aliphatic hydroxyl groups is 1. The van der Waals surface area contributed by atoms with E-state index in [0.717, 1.165) is 31.9 Å². The Bertz CT molecular complexity index is 442. The highest BCUT2D eigenvalue weighted by molar-refractivity contribution is 5.43. The summed E-state index contributed by atoms with van der Waals surface area (Å²) in [7, 11) is 0. The summed E-state index contributed by atoms with van der Waals surface area (Å²) in [6.07, 6.45) is 4.25. The summed E-state index contributed by atoms with van der Waals surface area (Å²) in [5.74, 6) is 1.67. The lowest BCUT2D eigenvalue weighted by Crippen LogP contribution is -2.43. The third kappa shape index (κ3) is 1.81. The summed E-state index contributed by atoms with van der Waals surface area (Å²) in [6.45, 7) is 3.21. The predicted octanol–water partition coefficient (Wildman–Crippen LogP) is -0.106. The fraction of sp³-hybridized carbons (Fsp3) is 0.667. The molecule has 3 rings (SSSR count). The van der Waals surface area contributed by atoms with Crippen LogP contribution in [0.4, 0.5) is 11.6 Å². The Morgan fingerprint density at radius 3 is 3.17 bits per heavy atom. The molecule has 0 aliphatic carbocycles. The van der Waals surface area contributed by atoms with Gasteiger partial charge in [0.25, 0.3) is 0 Å². The van der Waals surface area contributed by atoms with Crippen LogP contribution >= 0.6 is 0 Å². The quantitative estimate of drug-likeness (QED) is 0.762. The summed E-state index contributed by atoms with van der Waals surface area (Å²) < 4.78 is 5.54. The number of anilines is 2. The van der Waals surface area contributed by atoms with Gasteiger partial charge in [-0.15, -0.1) is 0 Å². The van der Waals surface area contributed by atoms with Gasteiger partial charge in [0.15, 0.2) is 0 Å². The number of fused-ring (bicyclic) bond motifs is 1. The summed E-state index contributed by atoms with van der Waals surface area (Å²) in [4.78, 5) is 10.5. The largest absolute Gasteiger partial charge is 0.396 e. The minimum atomic E-state index is -0.148. The van der Waals surface area contributed by atoms with Crippen molar-refractivity contribution in [1.82, 2.24) is 9.97 Å². The molecule has 18 heavy (non-hydrogen) atoms. The molecule has 6 nitrogen and oxygen atoms in total. The SMILES string of the molecule is Nc1cncc(N2C[C@@H]3CCOC[C@]3(CO)C2)n1. The van der Waals surface area contributed by atoms with Crippen molar-refractivity contribution in [2.24, 2.45) is 11.3 Å². The fourth-order valence-corrected chi connectivity index (χ4v) is 3.02. The van der Waals surface area contributed by atoms with Crippen molar-refractivity contribution in [2.45, 2.75) is 6.42 Å². The highest BCUT2D eigenvalue weighted by Gasteiger charge is 2.48. The maximum absolute atomic E-state index is 9.70. The van der Waals surface area contributed by atoms with Crippen LogP contribution in [-0.4, -0.2) is 48.0 Å². The topological polar surface area (TPSA) is 84.5 Å². The number of hydrogen-bond donors (Lipinski definition) is 2. The van der Waals surface area contributed by atoms with Gasteiger partial charge in [-0.25, -0.2) is 4.98 Å². The molecular weight excluding hydrogens is 232 g/mol. The van der Waals surface area contributed by atoms with E-state index in [1.807, 2.05) is 0 Å². The molecule has 0 unspecified atom stereocenters. The van der Waals surface area contributed by atoms with Crippen molar-refractivity contribution in [3.05, 3.63) is 12.4 Å². The lowest BCUT2D eigenvalue weighted by atomic mass is 9.76. The summed E-state index contributed by atoms with van der Waals surface area (Å²) in [5.41, 5.74) is 5.52. The molecular formula is C12H18N4O2. The summed E-state index contributed by atoms with van der Waals surface area (Å²) in [5, 5.41) is 9.70. The third-order valence-corrected chi connectivity index (χ3v) is 4.09. The van der Waals surface area contributed by atoms with Gasteiger partial charge in [-0.2, -0.15) is 0 Å². The van der Waals surface area contributed by atoms with Crippen LogP contribution in [0.15, 0.2) is 12.4 Å². The Morgan fingerprint density at radius 2 is 2.44 bits per heavy atom. The van der Waals surface area contributed by atoms with Crippen molar-refractivity contribution >= 4 is 11.6 Å². The molecule has 2 aliphatic rings. The minimum absolute atomic E-state index is 0.148. The number of nitrogen functional groups attached to an aromatic ring is 1. The number of rotatable bonds is 2. The van der Waals surface area contributed by atoms with Crippen LogP contribution in [-0.2, 0) is 4.74 Å². The van der Waals surface area contributed by atoms with Gasteiger partial charge >= 0.3 is 0 Å². The number of hydrogen-bond acceptors (Lipinski definition) is 6. The van der Waals surface area contributed by atoms with E-state index in [0.29, 0.717) is 18.3 Å². The second-order valence-corrected chi connectivity index (χ2v) is 5.24. The van der Waals surface area contributed by atoms with E-state index < -0.39 is 0 Å². The number of aromatic nitrogens is 2. The zero-order chi connectivity index (χ0) is 12.6. The summed E-state index contributed by atoms with van der Waals surface area (Å²) in [6, 6.07) is 0. The first-order chi connectivity index (χ1) is 8.73. The number of ether oxygens (including phenoxy) is 1. The number of nitrogens with zero attached hydrogens (tertiary/aromatic N) is 3. The average molecular weight is 250 g/mol. The van der Waals surface area contributed by atoms with Crippen LogP contribution in [0.2, 0.25) is 0 Å². The smallest absolute Gasteiger partial charge is 0.149 e. The molecule has 1 aromatic heterocycles. The molecule has 3 heterocycles. The van der Waals surface area contributed by atoms with Gasteiger partial charge in [0.1, 0.15) is 11.6 Å². The van der Waals surface area contributed by atoms with Crippen molar-refractivity contribution in [1.29, 1.82) is 0 Å². The van der Waals surface area contributed by atoms with Crippen molar-refractivity contribution in [2.75, 3.05) is 43.5 Å². The van der Waals surface area contributed by atoms with E-state index in [-0.39, 0.29) is 12.0 Å². The molecule has 3 N–H and O–H groups in total. The third-order valence-electron chi connectivity index (χ3n) is 4.09. The van der Waals surface area contributed by atoms with E-state index in [1.54, 1.807) is 6.20 Å². The van der Waals surface area contributed by atoms with Crippen molar-refractivity contribution in [3.63, 3.8) is 0 Å². The predicted molar refractivity (Wildman–Crippen MR) is 67.1 cm³/mol. The van der Waals surface area contributed by atoms with Gasteiger partial charge in [-0.05, 0) is 12.3 Å². The molecule has 6 heteroatoms. The zero-order valence-corrected chi connectivity index (χ0v) is 10.2. The molecule has 98 valence electrons. The van der Waals surface area contributed by atoms with E-state index in [1.165, 1.54) is 6.20 Å². The highest BCUT2D eigenvalue weighted by atomic mass is 16.5. The van der Waals surface area contributed by atoms with Crippen molar-refractivity contribution < 1.29 is 9.84 Å². The Hall–Kier alpha value is -1.40. The Labute approximate surface area is 106 Å². The minimum Gasteiger partial charge on any atom is -0.396 e. The van der Waals surface area contributed by atoms with E-state index in [4.69, 9.17) is 10.5 Å². The van der Waals surface area contributed by atoms with Crippen LogP contribution in [0.3, 0.4) is 0 Å². The maximum Gasteiger partial charge on any atom is 0.149 e. The van der Waals surface area contributed by atoms with Gasteiger partial charge in [0.2, 0.25) is 0 Å². The molecule has 0 amide bonds. The summed E-state index contributed by atoms with van der Waals surface area (Å²) >= 11 is 0. The average Bonchev–Trinajstić information content (AvgIpc) is 2.79. The number of aliphatic hydroxyl groups excluding tert-OH is 1. The van der Waals surface area contributed by atoms with E-state index in [9.17, 15) is 5.11 Å². The van der Waals surface area contributed by atoms with Gasteiger partial charge in [0.05, 0.1) is 25.6 Å². The van der Waals surface area contributed by atoms with E-state index >= 15 is 0 Å². The van der Waals surface area contributed by atoms with Crippen LogP contribution in [0.1, 0.15) is 6.42 Å². The zero-order valence-electron chi connectivity index (χ0n) is 10.2. The fourth-order valence-electron chi connectivity index (χ4n) is 3.02. The van der Waals surface area contributed by atoms with E-state index in [2.05, 4.69) is 14.9 Å². The molecule has 2 aliphatic heterocycles. The first-order valence-corrected chi connectivity index (χ1v) is 6.25. The van der Waals surface area contributed by atoms with Crippen LogP contribution in [0.5, 0.6) is 0 Å². The molecule has 2 fully saturated rings. The van der Waals surface area contributed by atoms with Gasteiger partial charge in [-0.1, -0.05) is 0 Å². The Morgan fingerprint density at radius 1 is 1.56 bits per heavy atom. The standard InChI is InChI=1S/C12H18N4O2/c13-10-3-14-4-11(15-10)16-5-9-1-2-18-8-12(9,6-16)7-17/h3-4,9,17H,1-2,5-8H2,(H2,13,15)/t9-,12+/m0/s1. The number of nitrogens with two attached hydrogens (primary N) is 1. The molecule has 2 saturated heterocycles. The van der Waals surface area contributed by atoms with Gasteiger partial charge < -0.3 is 20.5 Å². The molecule has 0 aromatic carbocycles. The Kier molecular flexibility index (Phi) is 2.83. The highest BCUT2D eigenvalue weighted by Crippen LogP contribution is 2.42. The first-order valence-electron chi connectivity index (χ1n) is 6.25. The molecule has 0 bridgehead atoms. The monoisotopic (exact) mass is 250 g/mol. The van der Waals surface area contributed by atoms with Crippen LogP contribution < -0.4 is 10.6 Å². The van der Waals surface area contributed by atoms with Gasteiger partial charge in [-0.3, -0.25) is 4.98 Å². The molecule has 0 saturated carbocycles. The van der Waals surface area contributed by atoms with Crippen LogP contribution in [0.25, 0.3) is 0 Å². The maximum atomic E-state index is 9.70. The molecule has 0 radical (unpaired) electrons. The van der Waals surface area contributed by atoms with Gasteiger partial charge in [0, 0.05) is 25.1 Å². The normalized spacial score (nSPS) is 31.4. The second-order valence-electron chi connectivity index (χ2n) is 5.24. The lowest BCUT2D eigenvalue weighted by Gasteiger charge is -2.36.